The van der Waals surface area contributed by atoms with Crippen molar-refractivity contribution in [3.63, 3.8) is 0 Å². The number of fused-ring (bicyclic) bond motifs is 1. The van der Waals surface area contributed by atoms with Crippen LogP contribution < -0.4 is 4.74 Å². The number of ether oxygens (including phenoxy) is 1. The zero-order valence-electron chi connectivity index (χ0n) is 12.5. The maximum atomic E-state index is 13.3. The van der Waals surface area contributed by atoms with Crippen LogP contribution in [-0.4, -0.2) is 5.88 Å². The van der Waals surface area contributed by atoms with Gasteiger partial charge < -0.3 is 4.74 Å². The molecule has 2 aromatic carbocycles. The summed E-state index contributed by atoms with van der Waals surface area (Å²) in [5.41, 5.74) is 0.215. The van der Waals surface area contributed by atoms with Gasteiger partial charge in [0.05, 0.1) is 5.56 Å². The Morgan fingerprint density at radius 2 is 1.83 bits per heavy atom. The van der Waals surface area contributed by atoms with Crippen LogP contribution in [0.4, 0.5) is 13.2 Å². The van der Waals surface area contributed by atoms with Crippen molar-refractivity contribution in [1.82, 2.24) is 0 Å². The first kappa shape index (κ1) is 17.1. The molecule has 0 aliphatic rings. The summed E-state index contributed by atoms with van der Waals surface area (Å²) in [6.07, 6.45) is -4.30. The minimum absolute atomic E-state index is 0.202. The highest BCUT2D eigenvalue weighted by molar-refractivity contribution is 7.17. The molecule has 0 unspecified atom stereocenters. The van der Waals surface area contributed by atoms with E-state index in [2.05, 4.69) is 0 Å². The van der Waals surface area contributed by atoms with E-state index in [4.69, 9.17) is 16.3 Å². The van der Waals surface area contributed by atoms with E-state index in [0.29, 0.717) is 17.0 Å². The van der Waals surface area contributed by atoms with Crippen LogP contribution in [0.3, 0.4) is 0 Å². The number of benzene rings is 2. The van der Waals surface area contributed by atoms with Crippen LogP contribution in [0.15, 0.2) is 53.9 Å². The van der Waals surface area contributed by atoms with Crippen LogP contribution >= 0.6 is 22.9 Å². The summed E-state index contributed by atoms with van der Waals surface area (Å²) in [6, 6.07) is 13.6. The Morgan fingerprint density at radius 3 is 2.50 bits per heavy atom. The zero-order chi connectivity index (χ0) is 17.2. The third-order valence-electron chi connectivity index (χ3n) is 3.67. The molecule has 0 aliphatic carbocycles. The number of halogens is 4. The minimum Gasteiger partial charge on any atom is -0.486 e. The molecule has 0 N–H and O–H groups in total. The lowest BCUT2D eigenvalue weighted by molar-refractivity contribution is -0.136. The van der Waals surface area contributed by atoms with Gasteiger partial charge in [-0.1, -0.05) is 30.3 Å². The fourth-order valence-electron chi connectivity index (χ4n) is 2.57. The minimum atomic E-state index is -4.42. The first-order valence-electron chi connectivity index (χ1n) is 7.35. The largest absolute Gasteiger partial charge is 0.486 e. The number of thiophene rings is 1. The topological polar surface area (TPSA) is 9.23 Å². The molecule has 0 fully saturated rings. The molecule has 1 heterocycles. The maximum absolute atomic E-state index is 13.3. The first-order valence-corrected chi connectivity index (χ1v) is 8.76. The third-order valence-corrected chi connectivity index (χ3v) is 4.75. The van der Waals surface area contributed by atoms with Crippen LogP contribution in [-0.2, 0) is 6.18 Å². The zero-order valence-corrected chi connectivity index (χ0v) is 14.1. The first-order chi connectivity index (χ1) is 11.5. The van der Waals surface area contributed by atoms with Gasteiger partial charge in [-0.25, -0.2) is 0 Å². The van der Waals surface area contributed by atoms with Crippen molar-refractivity contribution in [2.45, 2.75) is 18.7 Å². The molecular weight excluding hydrogens is 357 g/mol. The van der Waals surface area contributed by atoms with Gasteiger partial charge in [0.25, 0.3) is 0 Å². The fraction of sp³-hybridized carbons (Fsp3) is 0.222. The van der Waals surface area contributed by atoms with Gasteiger partial charge >= 0.3 is 6.18 Å². The van der Waals surface area contributed by atoms with E-state index in [1.165, 1.54) is 17.4 Å². The SMILES string of the molecule is FC(F)(F)c1cc(O[C@@H](CCCl)c2ccccc2)cc2sccc12. The van der Waals surface area contributed by atoms with Crippen LogP contribution in [0.25, 0.3) is 10.1 Å². The lowest BCUT2D eigenvalue weighted by Crippen LogP contribution is -2.10. The molecule has 1 atom stereocenters. The maximum Gasteiger partial charge on any atom is 0.417 e. The van der Waals surface area contributed by atoms with Gasteiger partial charge in [-0.2, -0.15) is 13.2 Å². The molecule has 126 valence electrons. The Balaban J connectivity index is 1.99. The van der Waals surface area contributed by atoms with Crippen molar-refractivity contribution in [3.8, 4) is 5.75 Å². The molecule has 0 radical (unpaired) electrons. The Kier molecular flexibility index (Phi) is 5.01. The van der Waals surface area contributed by atoms with Gasteiger partial charge in [0.1, 0.15) is 11.9 Å². The second kappa shape index (κ2) is 7.03. The van der Waals surface area contributed by atoms with Crippen molar-refractivity contribution < 1.29 is 17.9 Å². The Hall–Kier alpha value is -1.72. The smallest absolute Gasteiger partial charge is 0.417 e. The molecule has 0 bridgehead atoms. The predicted octanol–water partition coefficient (Wildman–Crippen LogP) is 6.67. The third kappa shape index (κ3) is 3.68. The van der Waals surface area contributed by atoms with Gasteiger partial charge in [0.15, 0.2) is 0 Å². The van der Waals surface area contributed by atoms with Gasteiger partial charge in [-0.3, -0.25) is 0 Å². The molecule has 0 aliphatic heterocycles. The van der Waals surface area contributed by atoms with Crippen molar-refractivity contribution in [1.29, 1.82) is 0 Å². The van der Waals surface area contributed by atoms with Crippen LogP contribution in [0, 0.1) is 0 Å². The van der Waals surface area contributed by atoms with E-state index < -0.39 is 11.7 Å². The summed E-state index contributed by atoms with van der Waals surface area (Å²) in [5.74, 6) is 0.559. The van der Waals surface area contributed by atoms with Gasteiger partial charge in [-0.05, 0) is 29.1 Å². The average molecular weight is 371 g/mol. The molecule has 6 heteroatoms. The highest BCUT2D eigenvalue weighted by atomic mass is 35.5. The lowest BCUT2D eigenvalue weighted by Gasteiger charge is -2.20. The molecule has 0 spiro atoms. The van der Waals surface area contributed by atoms with Gasteiger partial charge in [0, 0.05) is 22.4 Å². The van der Waals surface area contributed by atoms with Crippen LogP contribution in [0.5, 0.6) is 5.75 Å². The number of rotatable bonds is 5. The predicted molar refractivity (Wildman–Crippen MR) is 92.0 cm³/mol. The Morgan fingerprint density at radius 1 is 1.08 bits per heavy atom. The van der Waals surface area contributed by atoms with E-state index in [1.54, 1.807) is 11.4 Å². The highest BCUT2D eigenvalue weighted by Crippen LogP contribution is 2.40. The molecule has 3 rings (SSSR count). The molecule has 1 aromatic heterocycles. The fourth-order valence-corrected chi connectivity index (χ4v) is 3.61. The molecule has 0 amide bonds. The van der Waals surface area contributed by atoms with E-state index >= 15 is 0 Å². The second-order valence-electron chi connectivity index (χ2n) is 5.30. The van der Waals surface area contributed by atoms with Gasteiger partial charge in [-0.15, -0.1) is 22.9 Å². The Bertz CT molecular complexity index is 814. The molecular formula is C18H14ClF3OS. The summed E-state index contributed by atoms with van der Waals surface area (Å²) in [6.45, 7) is 0. The van der Waals surface area contributed by atoms with E-state index in [-0.39, 0.29) is 17.2 Å². The summed E-state index contributed by atoms with van der Waals surface area (Å²) in [4.78, 5) is 0. The van der Waals surface area contributed by atoms with E-state index in [0.717, 1.165) is 11.6 Å². The van der Waals surface area contributed by atoms with Gasteiger partial charge in [0.2, 0.25) is 0 Å². The lowest BCUT2D eigenvalue weighted by atomic mass is 10.1. The van der Waals surface area contributed by atoms with Crippen molar-refractivity contribution in [2.24, 2.45) is 0 Å². The van der Waals surface area contributed by atoms with Crippen molar-refractivity contribution in [2.75, 3.05) is 5.88 Å². The highest BCUT2D eigenvalue weighted by Gasteiger charge is 2.33. The van der Waals surface area contributed by atoms with E-state index in [9.17, 15) is 13.2 Å². The van der Waals surface area contributed by atoms with Crippen molar-refractivity contribution >= 4 is 33.0 Å². The van der Waals surface area contributed by atoms with Crippen molar-refractivity contribution in [3.05, 3.63) is 65.0 Å². The normalized spacial score (nSPS) is 13.2. The quantitative estimate of drug-likeness (QED) is 0.456. The Labute approximate surface area is 146 Å². The van der Waals surface area contributed by atoms with E-state index in [1.807, 2.05) is 30.3 Å². The molecule has 24 heavy (non-hydrogen) atoms. The summed E-state index contributed by atoms with van der Waals surface area (Å²) < 4.78 is 46.4. The average Bonchev–Trinajstić information content (AvgIpc) is 3.02. The molecule has 3 aromatic rings. The standard InChI is InChI=1S/C18H14ClF3OS/c19-8-6-16(12-4-2-1-3-5-12)23-13-10-15(18(20,21)22)14-7-9-24-17(14)11-13/h1-5,7,9-11,16H,6,8H2/t16-/m0/s1. The monoisotopic (exact) mass is 370 g/mol. The summed E-state index contributed by atoms with van der Waals surface area (Å²) >= 11 is 7.10. The molecule has 1 nitrogen and oxygen atoms in total. The number of hydrogen-bond donors (Lipinski definition) is 0. The summed E-state index contributed by atoms with van der Waals surface area (Å²) in [5, 5.41) is 1.85. The van der Waals surface area contributed by atoms with Crippen LogP contribution in [0.2, 0.25) is 0 Å². The second-order valence-corrected chi connectivity index (χ2v) is 6.62. The number of hydrogen-bond acceptors (Lipinski definition) is 2. The molecule has 0 saturated carbocycles. The summed E-state index contributed by atoms with van der Waals surface area (Å²) in [7, 11) is 0. The number of alkyl halides is 4. The molecule has 0 saturated heterocycles. The van der Waals surface area contributed by atoms with Crippen LogP contribution in [0.1, 0.15) is 23.7 Å².